The van der Waals surface area contributed by atoms with Crippen LogP contribution in [0.1, 0.15) is 34.7 Å². The minimum absolute atomic E-state index is 0.00196. The number of aromatic nitrogens is 1. The molecule has 26 heavy (non-hydrogen) atoms. The van der Waals surface area contributed by atoms with Gasteiger partial charge in [-0.3, -0.25) is 14.6 Å². The molecule has 1 aliphatic rings. The molecule has 2 atom stereocenters. The molecule has 2 amide bonds. The van der Waals surface area contributed by atoms with E-state index >= 15 is 0 Å². The Morgan fingerprint density at radius 1 is 1.19 bits per heavy atom. The van der Waals surface area contributed by atoms with Crippen LogP contribution in [0.3, 0.4) is 0 Å². The van der Waals surface area contributed by atoms with Crippen molar-refractivity contribution in [3.05, 3.63) is 65.0 Å². The summed E-state index contributed by atoms with van der Waals surface area (Å²) >= 11 is 0. The molecule has 0 bridgehead atoms. The third kappa shape index (κ3) is 3.77. The summed E-state index contributed by atoms with van der Waals surface area (Å²) in [7, 11) is 1.83. The van der Waals surface area contributed by atoms with Crippen molar-refractivity contribution in [2.75, 3.05) is 13.6 Å². The maximum Gasteiger partial charge on any atom is 0.224 e. The van der Waals surface area contributed by atoms with Crippen molar-refractivity contribution in [3.8, 4) is 0 Å². The number of aryl methyl sites for hydroxylation is 2. The molecule has 5 heteroatoms. The van der Waals surface area contributed by atoms with Gasteiger partial charge in [-0.05, 0) is 48.2 Å². The van der Waals surface area contributed by atoms with E-state index in [-0.39, 0.29) is 23.8 Å². The highest BCUT2D eigenvalue weighted by molar-refractivity contribution is 5.81. The van der Waals surface area contributed by atoms with Crippen molar-refractivity contribution in [2.45, 2.75) is 32.7 Å². The van der Waals surface area contributed by atoms with Gasteiger partial charge in [-0.2, -0.15) is 0 Å². The van der Waals surface area contributed by atoms with E-state index in [1.54, 1.807) is 17.3 Å². The van der Waals surface area contributed by atoms with Crippen molar-refractivity contribution in [2.24, 2.45) is 5.92 Å². The second-order valence-corrected chi connectivity index (χ2v) is 7.05. The second kappa shape index (κ2) is 7.68. The molecule has 1 aromatic heterocycles. The lowest BCUT2D eigenvalue weighted by molar-refractivity contribution is -0.127. The first kappa shape index (κ1) is 18.1. The molecule has 0 saturated carbocycles. The van der Waals surface area contributed by atoms with Gasteiger partial charge in [-0.25, -0.2) is 0 Å². The lowest BCUT2D eigenvalue weighted by atomic mass is 9.94. The van der Waals surface area contributed by atoms with E-state index in [0.717, 1.165) is 22.3 Å². The summed E-state index contributed by atoms with van der Waals surface area (Å²) in [4.78, 5) is 30.5. The van der Waals surface area contributed by atoms with Crippen LogP contribution in [-0.4, -0.2) is 35.3 Å². The van der Waals surface area contributed by atoms with Crippen LogP contribution < -0.4 is 5.32 Å². The zero-order valence-electron chi connectivity index (χ0n) is 15.5. The van der Waals surface area contributed by atoms with Gasteiger partial charge in [0, 0.05) is 38.3 Å². The number of carbonyl (C=O) groups is 2. The van der Waals surface area contributed by atoms with E-state index in [2.05, 4.69) is 10.3 Å². The Kier molecular flexibility index (Phi) is 5.35. The minimum Gasteiger partial charge on any atom is -0.355 e. The smallest absolute Gasteiger partial charge is 0.224 e. The molecular weight excluding hydrogens is 326 g/mol. The van der Waals surface area contributed by atoms with Gasteiger partial charge < -0.3 is 10.2 Å². The van der Waals surface area contributed by atoms with Gasteiger partial charge in [0.2, 0.25) is 11.8 Å². The Hall–Kier alpha value is -2.69. The summed E-state index contributed by atoms with van der Waals surface area (Å²) in [6, 6.07) is 9.91. The number of nitrogens with zero attached hydrogens (tertiary/aromatic N) is 2. The van der Waals surface area contributed by atoms with E-state index in [9.17, 15) is 9.59 Å². The Balaban J connectivity index is 1.66. The molecule has 0 radical (unpaired) electrons. The zero-order valence-corrected chi connectivity index (χ0v) is 15.5. The van der Waals surface area contributed by atoms with Gasteiger partial charge in [-0.1, -0.05) is 18.2 Å². The Bertz CT molecular complexity index is 784. The van der Waals surface area contributed by atoms with Gasteiger partial charge >= 0.3 is 0 Å². The van der Waals surface area contributed by atoms with Crippen molar-refractivity contribution >= 4 is 11.8 Å². The van der Waals surface area contributed by atoms with Crippen molar-refractivity contribution in [1.29, 1.82) is 0 Å². The first-order valence-electron chi connectivity index (χ1n) is 8.94. The molecule has 1 fully saturated rings. The van der Waals surface area contributed by atoms with Crippen LogP contribution in [0.4, 0.5) is 0 Å². The molecule has 0 aliphatic carbocycles. The average Bonchev–Trinajstić information content (AvgIpc) is 2.91. The topological polar surface area (TPSA) is 62.3 Å². The van der Waals surface area contributed by atoms with Crippen molar-refractivity contribution in [3.63, 3.8) is 0 Å². The fourth-order valence-electron chi connectivity index (χ4n) is 3.79. The highest BCUT2D eigenvalue weighted by Gasteiger charge is 2.38. The van der Waals surface area contributed by atoms with Gasteiger partial charge in [0.15, 0.2) is 0 Å². The van der Waals surface area contributed by atoms with E-state index in [4.69, 9.17) is 0 Å². The Morgan fingerprint density at radius 2 is 1.85 bits per heavy atom. The van der Waals surface area contributed by atoms with Crippen LogP contribution in [0.25, 0.3) is 0 Å². The quantitative estimate of drug-likeness (QED) is 0.901. The van der Waals surface area contributed by atoms with E-state index in [1.165, 1.54) is 0 Å². The van der Waals surface area contributed by atoms with Crippen LogP contribution in [0, 0.1) is 19.8 Å². The molecule has 1 aromatic carbocycles. The first-order chi connectivity index (χ1) is 12.5. The molecule has 0 spiro atoms. The maximum atomic E-state index is 12.5. The number of rotatable bonds is 5. The Morgan fingerprint density at radius 3 is 2.50 bits per heavy atom. The zero-order chi connectivity index (χ0) is 18.7. The van der Waals surface area contributed by atoms with Crippen LogP contribution in [-0.2, 0) is 16.0 Å². The third-order valence-electron chi connectivity index (χ3n) is 5.28. The highest BCUT2D eigenvalue weighted by Crippen LogP contribution is 2.36. The summed E-state index contributed by atoms with van der Waals surface area (Å²) in [6.45, 7) is 4.55. The predicted octanol–water partition coefficient (Wildman–Crippen LogP) is 2.58. The molecule has 1 saturated heterocycles. The van der Waals surface area contributed by atoms with E-state index < -0.39 is 0 Å². The van der Waals surface area contributed by atoms with Gasteiger partial charge in [0.05, 0.1) is 12.5 Å². The summed E-state index contributed by atoms with van der Waals surface area (Å²) in [5.41, 5.74) is 4.40. The van der Waals surface area contributed by atoms with Crippen LogP contribution in [0.5, 0.6) is 0 Å². The standard InChI is InChI=1S/C21H25N3O2/c1-14-5-4-6-15(2)18(14)12-19(25)23-13-17-11-20(26)24(3)21(17)16-7-9-22-10-8-16/h4-10,17,21H,11-13H2,1-3H3,(H,23,25)/t17-,21-/m0/s1. The lowest BCUT2D eigenvalue weighted by Gasteiger charge is -2.25. The largest absolute Gasteiger partial charge is 0.355 e. The van der Waals surface area contributed by atoms with Crippen LogP contribution in [0.15, 0.2) is 42.7 Å². The van der Waals surface area contributed by atoms with Crippen molar-refractivity contribution in [1.82, 2.24) is 15.2 Å². The Labute approximate surface area is 154 Å². The number of amides is 2. The van der Waals surface area contributed by atoms with E-state index in [1.807, 2.05) is 51.2 Å². The van der Waals surface area contributed by atoms with Gasteiger partial charge in [0.1, 0.15) is 0 Å². The van der Waals surface area contributed by atoms with Crippen LogP contribution >= 0.6 is 0 Å². The number of carbonyl (C=O) groups excluding carboxylic acids is 2. The first-order valence-corrected chi connectivity index (χ1v) is 8.94. The second-order valence-electron chi connectivity index (χ2n) is 7.05. The predicted molar refractivity (Wildman–Crippen MR) is 100 cm³/mol. The normalized spacial score (nSPS) is 19.7. The molecule has 2 heterocycles. The molecule has 1 N–H and O–H groups in total. The highest BCUT2D eigenvalue weighted by atomic mass is 16.2. The molecule has 136 valence electrons. The van der Waals surface area contributed by atoms with Gasteiger partial charge in [0.25, 0.3) is 0 Å². The number of hydrogen-bond acceptors (Lipinski definition) is 3. The van der Waals surface area contributed by atoms with E-state index in [0.29, 0.717) is 19.4 Å². The fourth-order valence-corrected chi connectivity index (χ4v) is 3.79. The minimum atomic E-state index is -0.0222. The molecule has 1 aliphatic heterocycles. The lowest BCUT2D eigenvalue weighted by Crippen LogP contribution is -2.33. The van der Waals surface area contributed by atoms with Crippen LogP contribution in [0.2, 0.25) is 0 Å². The number of hydrogen-bond donors (Lipinski definition) is 1. The number of likely N-dealkylation sites (tertiary alicyclic amines) is 1. The van der Waals surface area contributed by atoms with Gasteiger partial charge in [-0.15, -0.1) is 0 Å². The number of pyridine rings is 1. The molecule has 0 unspecified atom stereocenters. The fraction of sp³-hybridized carbons (Fsp3) is 0.381. The summed E-state index contributed by atoms with van der Waals surface area (Å²) in [5.74, 6) is 0.176. The summed E-state index contributed by atoms with van der Waals surface area (Å²) < 4.78 is 0. The molecule has 3 rings (SSSR count). The third-order valence-corrected chi connectivity index (χ3v) is 5.28. The number of nitrogens with one attached hydrogen (secondary N) is 1. The summed E-state index contributed by atoms with van der Waals surface area (Å²) in [5, 5.41) is 3.03. The molecular formula is C21H25N3O2. The molecule has 5 nitrogen and oxygen atoms in total. The maximum absolute atomic E-state index is 12.5. The SMILES string of the molecule is Cc1cccc(C)c1CC(=O)NC[C@@H]1CC(=O)N(C)[C@H]1c1ccncc1. The summed E-state index contributed by atoms with van der Waals surface area (Å²) in [6.07, 6.45) is 4.30. The monoisotopic (exact) mass is 351 g/mol. The number of benzene rings is 1. The molecule has 2 aromatic rings. The van der Waals surface area contributed by atoms with Crippen molar-refractivity contribution < 1.29 is 9.59 Å². The average molecular weight is 351 g/mol.